The van der Waals surface area contributed by atoms with Gasteiger partial charge in [0.25, 0.3) is 0 Å². The van der Waals surface area contributed by atoms with E-state index in [9.17, 15) is 18.0 Å². The molecule has 0 atom stereocenters. The standard InChI is InChI=1S/C26H32N2O5S/c1-26(2,20-12-10-19(11-13-20)17-28-15-14-24(29)27-25(28)30)18-34(31,32)23-9-5-8-22(16-23)33-21-6-3-4-7-21/h5,8-13,16,21H,3-4,6-7,14-15,17-18H2,1-2H3,(H,27,29,30). The maximum Gasteiger partial charge on any atom is 0.324 e. The molecule has 1 heterocycles. The topological polar surface area (TPSA) is 92.8 Å². The summed E-state index contributed by atoms with van der Waals surface area (Å²) in [4.78, 5) is 25.2. The van der Waals surface area contributed by atoms with Gasteiger partial charge in [0.1, 0.15) is 5.75 Å². The van der Waals surface area contributed by atoms with Gasteiger partial charge in [-0.3, -0.25) is 10.1 Å². The van der Waals surface area contributed by atoms with Gasteiger partial charge in [-0.15, -0.1) is 0 Å². The van der Waals surface area contributed by atoms with Gasteiger partial charge in [0.2, 0.25) is 5.91 Å². The van der Waals surface area contributed by atoms with Gasteiger partial charge in [0, 0.05) is 24.9 Å². The number of sulfone groups is 1. The molecule has 1 saturated heterocycles. The normalized spacial score (nSPS) is 17.6. The van der Waals surface area contributed by atoms with Gasteiger partial charge in [-0.1, -0.05) is 44.2 Å². The Kier molecular flexibility index (Phi) is 6.98. The van der Waals surface area contributed by atoms with Crippen molar-refractivity contribution in [3.05, 3.63) is 59.7 Å². The number of nitrogens with one attached hydrogen (secondary N) is 1. The van der Waals surface area contributed by atoms with E-state index >= 15 is 0 Å². The zero-order valence-electron chi connectivity index (χ0n) is 19.7. The van der Waals surface area contributed by atoms with Crippen LogP contribution in [0, 0.1) is 0 Å². The van der Waals surface area contributed by atoms with Crippen molar-refractivity contribution in [2.45, 2.75) is 68.9 Å². The van der Waals surface area contributed by atoms with Gasteiger partial charge < -0.3 is 9.64 Å². The Morgan fingerprint density at radius 3 is 2.44 bits per heavy atom. The molecule has 182 valence electrons. The van der Waals surface area contributed by atoms with Crippen molar-refractivity contribution in [3.8, 4) is 5.75 Å². The van der Waals surface area contributed by atoms with Crippen molar-refractivity contribution < 1.29 is 22.7 Å². The highest BCUT2D eigenvalue weighted by atomic mass is 32.2. The van der Waals surface area contributed by atoms with E-state index in [1.54, 1.807) is 23.1 Å². The van der Waals surface area contributed by atoms with Crippen LogP contribution in [0.1, 0.15) is 57.1 Å². The zero-order valence-corrected chi connectivity index (χ0v) is 20.6. The summed E-state index contributed by atoms with van der Waals surface area (Å²) in [5.41, 5.74) is 1.20. The van der Waals surface area contributed by atoms with Gasteiger partial charge >= 0.3 is 6.03 Å². The predicted octanol–water partition coefficient (Wildman–Crippen LogP) is 4.20. The Balaban J connectivity index is 1.43. The predicted molar refractivity (Wildman–Crippen MR) is 129 cm³/mol. The first-order valence-electron chi connectivity index (χ1n) is 11.8. The lowest BCUT2D eigenvalue weighted by atomic mass is 9.86. The highest BCUT2D eigenvalue weighted by Crippen LogP contribution is 2.30. The molecule has 0 bridgehead atoms. The molecular formula is C26H32N2O5S. The van der Waals surface area contributed by atoms with Crippen LogP contribution in [0.2, 0.25) is 0 Å². The number of hydrogen-bond donors (Lipinski definition) is 1. The molecule has 2 aromatic carbocycles. The number of benzene rings is 2. The van der Waals surface area contributed by atoms with Crippen molar-refractivity contribution in [2.24, 2.45) is 0 Å². The molecule has 1 aliphatic carbocycles. The number of ether oxygens (including phenoxy) is 1. The van der Waals surface area contributed by atoms with Gasteiger partial charge in [0.05, 0.1) is 16.8 Å². The number of imide groups is 1. The molecule has 1 saturated carbocycles. The van der Waals surface area contributed by atoms with Crippen molar-refractivity contribution in [1.29, 1.82) is 0 Å². The SMILES string of the molecule is CC(C)(CS(=O)(=O)c1cccc(OC2CCCC2)c1)c1ccc(CN2CCC(=O)NC2=O)cc1. The molecule has 3 amide bonds. The van der Waals surface area contributed by atoms with E-state index in [2.05, 4.69) is 5.32 Å². The molecule has 2 aromatic rings. The Morgan fingerprint density at radius 1 is 1.06 bits per heavy atom. The van der Waals surface area contributed by atoms with Crippen molar-refractivity contribution >= 4 is 21.8 Å². The van der Waals surface area contributed by atoms with Gasteiger partial charge in [-0.2, -0.15) is 0 Å². The third kappa shape index (κ3) is 5.78. The van der Waals surface area contributed by atoms with Crippen LogP contribution in [-0.4, -0.2) is 43.7 Å². The maximum atomic E-state index is 13.3. The molecule has 8 heteroatoms. The molecule has 2 fully saturated rings. The summed E-state index contributed by atoms with van der Waals surface area (Å²) in [5.74, 6) is 0.317. The second kappa shape index (κ2) is 9.78. The number of rotatable bonds is 8. The number of nitrogens with zero attached hydrogens (tertiary/aromatic N) is 1. The Hall–Kier alpha value is -2.87. The van der Waals surface area contributed by atoms with Crippen LogP contribution in [0.5, 0.6) is 5.75 Å². The molecule has 0 radical (unpaired) electrons. The minimum absolute atomic E-state index is 0.0388. The molecule has 7 nitrogen and oxygen atoms in total. The summed E-state index contributed by atoms with van der Waals surface area (Å²) in [6.07, 6.45) is 4.80. The number of amides is 3. The van der Waals surface area contributed by atoms with Crippen LogP contribution in [0.3, 0.4) is 0 Å². The minimum Gasteiger partial charge on any atom is -0.490 e. The lowest BCUT2D eigenvalue weighted by Gasteiger charge is -2.28. The number of carbonyl (C=O) groups is 2. The van der Waals surface area contributed by atoms with Crippen LogP contribution in [-0.2, 0) is 26.6 Å². The van der Waals surface area contributed by atoms with E-state index in [1.807, 2.05) is 44.2 Å². The fourth-order valence-electron chi connectivity index (χ4n) is 4.61. The van der Waals surface area contributed by atoms with Crippen molar-refractivity contribution in [1.82, 2.24) is 10.2 Å². The summed E-state index contributed by atoms with van der Waals surface area (Å²) in [5, 5.41) is 2.32. The first-order valence-corrected chi connectivity index (χ1v) is 13.5. The van der Waals surface area contributed by atoms with Crippen molar-refractivity contribution in [3.63, 3.8) is 0 Å². The summed E-state index contributed by atoms with van der Waals surface area (Å²) < 4.78 is 32.5. The summed E-state index contributed by atoms with van der Waals surface area (Å²) in [6.45, 7) is 4.62. The first-order chi connectivity index (χ1) is 16.1. The van der Waals surface area contributed by atoms with Gasteiger partial charge in [-0.05, 0) is 55.0 Å². The van der Waals surface area contributed by atoms with E-state index in [0.717, 1.165) is 36.8 Å². The molecule has 1 aliphatic heterocycles. The molecule has 1 N–H and O–H groups in total. The quantitative estimate of drug-likeness (QED) is 0.606. The maximum absolute atomic E-state index is 13.3. The van der Waals surface area contributed by atoms with Crippen LogP contribution in [0.4, 0.5) is 4.79 Å². The Labute approximate surface area is 201 Å². The molecule has 0 aromatic heterocycles. The molecular weight excluding hydrogens is 452 g/mol. The van der Waals surface area contributed by atoms with Crippen LogP contribution in [0.15, 0.2) is 53.4 Å². The van der Waals surface area contributed by atoms with Crippen LogP contribution < -0.4 is 10.1 Å². The number of carbonyl (C=O) groups excluding carboxylic acids is 2. The average Bonchev–Trinajstić information content (AvgIpc) is 3.29. The fourth-order valence-corrected chi connectivity index (χ4v) is 6.48. The summed E-state index contributed by atoms with van der Waals surface area (Å²) >= 11 is 0. The molecule has 0 unspecified atom stereocenters. The second-order valence-electron chi connectivity index (χ2n) is 9.86. The van der Waals surface area contributed by atoms with E-state index in [-0.39, 0.29) is 28.7 Å². The summed E-state index contributed by atoms with van der Waals surface area (Å²) in [7, 11) is -3.54. The number of urea groups is 1. The zero-order chi connectivity index (χ0) is 24.3. The van der Waals surface area contributed by atoms with Gasteiger partial charge in [0.15, 0.2) is 9.84 Å². The second-order valence-corrected chi connectivity index (χ2v) is 11.9. The highest BCUT2D eigenvalue weighted by molar-refractivity contribution is 7.91. The smallest absolute Gasteiger partial charge is 0.324 e. The molecule has 2 aliphatic rings. The third-order valence-corrected chi connectivity index (χ3v) is 8.65. The monoisotopic (exact) mass is 484 g/mol. The van der Waals surface area contributed by atoms with E-state index in [1.165, 1.54) is 0 Å². The molecule has 0 spiro atoms. The summed E-state index contributed by atoms with van der Waals surface area (Å²) in [6, 6.07) is 14.1. The largest absolute Gasteiger partial charge is 0.490 e. The highest BCUT2D eigenvalue weighted by Gasteiger charge is 2.30. The van der Waals surface area contributed by atoms with Crippen LogP contribution >= 0.6 is 0 Å². The Bertz CT molecular complexity index is 1150. The lowest BCUT2D eigenvalue weighted by molar-refractivity contribution is -0.121. The molecule has 4 rings (SSSR count). The third-order valence-electron chi connectivity index (χ3n) is 6.57. The van der Waals surface area contributed by atoms with E-state index < -0.39 is 15.3 Å². The van der Waals surface area contributed by atoms with Crippen LogP contribution in [0.25, 0.3) is 0 Å². The van der Waals surface area contributed by atoms with E-state index in [4.69, 9.17) is 4.74 Å². The lowest BCUT2D eigenvalue weighted by Crippen LogP contribution is -2.48. The number of hydrogen-bond acceptors (Lipinski definition) is 5. The minimum atomic E-state index is -3.54. The van der Waals surface area contributed by atoms with E-state index in [0.29, 0.717) is 25.3 Å². The van der Waals surface area contributed by atoms with Crippen molar-refractivity contribution in [2.75, 3.05) is 12.3 Å². The first kappa shape index (κ1) is 24.3. The molecule has 34 heavy (non-hydrogen) atoms. The fraction of sp³-hybridized carbons (Fsp3) is 0.462. The average molecular weight is 485 g/mol. The Morgan fingerprint density at radius 2 is 1.76 bits per heavy atom. The van der Waals surface area contributed by atoms with Gasteiger partial charge in [-0.25, -0.2) is 13.2 Å².